The monoisotopic (exact) mass is 261 g/mol. The van der Waals surface area contributed by atoms with E-state index in [1.165, 1.54) is 32.1 Å². The molecule has 1 fully saturated rings. The highest BCUT2D eigenvalue weighted by atomic mass is 28.4. The first-order chi connectivity index (χ1) is 8.17. The van der Waals surface area contributed by atoms with E-state index < -0.39 is 8.80 Å². The van der Waals surface area contributed by atoms with Crippen LogP contribution in [0.1, 0.15) is 38.5 Å². The number of hydrogen-bond donors (Lipinski definition) is 1. The quantitative estimate of drug-likeness (QED) is 0.714. The van der Waals surface area contributed by atoms with Crippen LogP contribution in [0.4, 0.5) is 0 Å². The van der Waals surface area contributed by atoms with Crippen LogP contribution in [0.15, 0.2) is 0 Å². The minimum Gasteiger partial charge on any atom is -0.377 e. The fourth-order valence-corrected chi connectivity index (χ4v) is 4.50. The highest BCUT2D eigenvalue weighted by molar-refractivity contribution is 6.60. The predicted octanol–water partition coefficient (Wildman–Crippen LogP) is 2.16. The van der Waals surface area contributed by atoms with Crippen molar-refractivity contribution in [1.29, 1.82) is 0 Å². The van der Waals surface area contributed by atoms with Gasteiger partial charge < -0.3 is 19.0 Å². The van der Waals surface area contributed by atoms with Crippen molar-refractivity contribution < 1.29 is 13.3 Å². The molecule has 0 amide bonds. The van der Waals surface area contributed by atoms with E-state index in [0.717, 1.165) is 12.5 Å². The van der Waals surface area contributed by atoms with Gasteiger partial charge in [0.15, 0.2) is 0 Å². The Morgan fingerprint density at radius 1 is 1.06 bits per heavy atom. The van der Waals surface area contributed by atoms with E-state index in [1.807, 2.05) is 0 Å². The first kappa shape index (κ1) is 15.1. The second kappa shape index (κ2) is 7.48. The van der Waals surface area contributed by atoms with Gasteiger partial charge in [0.05, 0.1) is 0 Å². The molecule has 1 saturated carbocycles. The van der Waals surface area contributed by atoms with E-state index in [9.17, 15) is 0 Å². The van der Waals surface area contributed by atoms with Gasteiger partial charge in [-0.05, 0) is 25.2 Å². The molecule has 102 valence electrons. The van der Waals surface area contributed by atoms with Crippen molar-refractivity contribution in [2.45, 2.75) is 50.6 Å². The lowest BCUT2D eigenvalue weighted by molar-refractivity contribution is 0.121. The van der Waals surface area contributed by atoms with Gasteiger partial charge in [0, 0.05) is 33.4 Å². The molecular weight excluding hydrogens is 234 g/mol. The maximum Gasteiger partial charge on any atom is 0.500 e. The Balaban J connectivity index is 2.37. The van der Waals surface area contributed by atoms with Gasteiger partial charge in [0.25, 0.3) is 0 Å². The minimum atomic E-state index is -2.42. The Hall–Kier alpha value is 0.0569. The van der Waals surface area contributed by atoms with Gasteiger partial charge in [-0.15, -0.1) is 0 Å². The van der Waals surface area contributed by atoms with E-state index in [2.05, 4.69) is 0 Å². The molecule has 0 aliphatic heterocycles. The molecule has 0 aromatic carbocycles. The number of hydrogen-bond acceptors (Lipinski definition) is 4. The Bertz CT molecular complexity index is 198. The van der Waals surface area contributed by atoms with Crippen molar-refractivity contribution in [2.75, 3.05) is 21.3 Å². The lowest BCUT2D eigenvalue weighted by Gasteiger charge is -2.30. The highest BCUT2D eigenvalue weighted by Gasteiger charge is 2.38. The fraction of sp³-hybridized carbons (Fsp3) is 1.00. The summed E-state index contributed by atoms with van der Waals surface area (Å²) in [5.41, 5.74) is 6.28. The van der Waals surface area contributed by atoms with Crippen LogP contribution in [-0.4, -0.2) is 36.2 Å². The topological polar surface area (TPSA) is 53.7 Å². The molecular formula is C12H27NO3Si. The third-order valence-corrected chi connectivity index (χ3v) is 6.74. The van der Waals surface area contributed by atoms with E-state index in [-0.39, 0.29) is 6.04 Å². The summed E-state index contributed by atoms with van der Waals surface area (Å²) < 4.78 is 16.2. The average Bonchev–Trinajstić information content (AvgIpc) is 2.41. The molecule has 1 aliphatic carbocycles. The summed E-state index contributed by atoms with van der Waals surface area (Å²) in [5.74, 6) is 0.681. The molecule has 1 unspecified atom stereocenters. The van der Waals surface area contributed by atoms with Gasteiger partial charge in [-0.3, -0.25) is 0 Å². The summed E-state index contributed by atoms with van der Waals surface area (Å²) >= 11 is 0. The van der Waals surface area contributed by atoms with Crippen molar-refractivity contribution in [3.8, 4) is 0 Å². The Morgan fingerprint density at radius 2 is 1.59 bits per heavy atom. The number of rotatable bonds is 7. The zero-order valence-electron chi connectivity index (χ0n) is 11.4. The molecule has 0 bridgehead atoms. The fourth-order valence-electron chi connectivity index (χ4n) is 2.70. The third-order valence-electron chi connectivity index (χ3n) is 3.97. The summed E-state index contributed by atoms with van der Waals surface area (Å²) in [6, 6.07) is 1.08. The maximum atomic E-state index is 6.28. The van der Waals surface area contributed by atoms with Crippen LogP contribution in [0.25, 0.3) is 0 Å². The van der Waals surface area contributed by atoms with E-state index in [1.54, 1.807) is 21.3 Å². The van der Waals surface area contributed by atoms with E-state index in [0.29, 0.717) is 5.92 Å². The second-order valence-corrected chi connectivity index (χ2v) is 7.99. The lowest BCUT2D eigenvalue weighted by atomic mass is 9.83. The van der Waals surface area contributed by atoms with Crippen molar-refractivity contribution in [3.05, 3.63) is 0 Å². The molecule has 0 saturated heterocycles. The largest absolute Gasteiger partial charge is 0.500 e. The molecule has 0 radical (unpaired) electrons. The van der Waals surface area contributed by atoms with Gasteiger partial charge in [0.2, 0.25) is 0 Å². The molecule has 0 aromatic heterocycles. The second-order valence-electron chi connectivity index (χ2n) is 4.90. The van der Waals surface area contributed by atoms with E-state index in [4.69, 9.17) is 19.0 Å². The normalized spacial score (nSPS) is 20.5. The molecule has 0 heterocycles. The molecule has 2 N–H and O–H groups in total. The first-order valence-electron chi connectivity index (χ1n) is 6.58. The van der Waals surface area contributed by atoms with Gasteiger partial charge in [0.1, 0.15) is 0 Å². The van der Waals surface area contributed by atoms with Crippen molar-refractivity contribution in [3.63, 3.8) is 0 Å². The third kappa shape index (κ3) is 4.33. The molecule has 5 heteroatoms. The smallest absolute Gasteiger partial charge is 0.377 e. The Labute approximate surface area is 106 Å². The Kier molecular flexibility index (Phi) is 6.65. The lowest BCUT2D eigenvalue weighted by Crippen LogP contribution is -2.44. The molecule has 0 aromatic rings. The van der Waals surface area contributed by atoms with Gasteiger partial charge in [-0.2, -0.15) is 0 Å². The maximum absolute atomic E-state index is 6.28. The van der Waals surface area contributed by atoms with Crippen LogP contribution in [0.2, 0.25) is 6.04 Å². The molecule has 0 spiro atoms. The standard InChI is InChI=1S/C12H27NO3Si/c1-14-17(15-2,16-3)10-9-12(13)11-7-5-4-6-8-11/h11-12H,4-10,13H2,1-3H3. The average molecular weight is 261 g/mol. The van der Waals surface area contributed by atoms with Crippen molar-refractivity contribution >= 4 is 8.80 Å². The van der Waals surface area contributed by atoms with Crippen LogP contribution in [0.5, 0.6) is 0 Å². The highest BCUT2D eigenvalue weighted by Crippen LogP contribution is 2.28. The number of nitrogens with two attached hydrogens (primary N) is 1. The molecule has 1 rings (SSSR count). The van der Waals surface area contributed by atoms with Gasteiger partial charge in [-0.25, -0.2) is 0 Å². The summed E-state index contributed by atoms with van der Waals surface area (Å²) in [4.78, 5) is 0. The van der Waals surface area contributed by atoms with Crippen LogP contribution in [-0.2, 0) is 13.3 Å². The van der Waals surface area contributed by atoms with Crippen LogP contribution in [0.3, 0.4) is 0 Å². The molecule has 1 aliphatic rings. The molecule has 4 nitrogen and oxygen atoms in total. The molecule has 17 heavy (non-hydrogen) atoms. The minimum absolute atomic E-state index is 0.266. The Morgan fingerprint density at radius 3 is 2.06 bits per heavy atom. The summed E-state index contributed by atoms with van der Waals surface area (Å²) in [6.07, 6.45) is 7.54. The van der Waals surface area contributed by atoms with Crippen LogP contribution in [0, 0.1) is 5.92 Å². The summed E-state index contributed by atoms with van der Waals surface area (Å²) in [5, 5.41) is 0. The first-order valence-corrected chi connectivity index (χ1v) is 8.51. The zero-order chi connectivity index (χ0) is 12.7. The zero-order valence-corrected chi connectivity index (χ0v) is 12.4. The van der Waals surface area contributed by atoms with Crippen molar-refractivity contribution in [1.82, 2.24) is 0 Å². The SMILES string of the molecule is CO[Si](CCC(N)C1CCCCC1)(OC)OC. The molecule has 1 atom stereocenters. The van der Waals surface area contributed by atoms with Crippen LogP contribution >= 0.6 is 0 Å². The van der Waals surface area contributed by atoms with Crippen LogP contribution < -0.4 is 5.73 Å². The predicted molar refractivity (Wildman–Crippen MR) is 70.8 cm³/mol. The summed E-state index contributed by atoms with van der Waals surface area (Å²) in [6.45, 7) is 0. The van der Waals surface area contributed by atoms with Gasteiger partial charge in [-0.1, -0.05) is 19.3 Å². The van der Waals surface area contributed by atoms with Gasteiger partial charge >= 0.3 is 8.80 Å². The summed E-state index contributed by atoms with van der Waals surface area (Å²) in [7, 11) is 2.55. The van der Waals surface area contributed by atoms with E-state index >= 15 is 0 Å². The van der Waals surface area contributed by atoms with Crippen molar-refractivity contribution in [2.24, 2.45) is 11.7 Å².